The quantitative estimate of drug-likeness (QED) is 0.207. The summed E-state index contributed by atoms with van der Waals surface area (Å²) in [6.45, 7) is 0. The highest BCUT2D eigenvalue weighted by atomic mass is 31.2. The Balaban J connectivity index is 1.46. The molecule has 0 fully saturated rings. The van der Waals surface area contributed by atoms with Crippen molar-refractivity contribution in [1.82, 2.24) is 0 Å². The summed E-state index contributed by atoms with van der Waals surface area (Å²) in [4.78, 5) is 2.34. The fourth-order valence-electron chi connectivity index (χ4n) is 6.46. The molecule has 8 rings (SSSR count). The highest BCUT2D eigenvalue weighted by Gasteiger charge is 2.46. The lowest BCUT2D eigenvalue weighted by molar-refractivity contribution is 0.593. The maximum Gasteiger partial charge on any atom is 0.172 e. The molecule has 6 aromatic rings. The van der Waals surface area contributed by atoms with Gasteiger partial charge < -0.3 is 9.46 Å². The highest BCUT2D eigenvalue weighted by molar-refractivity contribution is 7.88. The first-order valence-electron chi connectivity index (χ1n) is 13.9. The number of rotatable bonds is 3. The van der Waals surface area contributed by atoms with Crippen molar-refractivity contribution in [2.75, 3.05) is 4.90 Å². The largest absolute Gasteiger partial charge is 0.309 e. The monoisotopic (exact) mass is 543 g/mol. The third-order valence-corrected chi connectivity index (χ3v) is 11.4. The molecule has 2 heterocycles. The van der Waals surface area contributed by atoms with Crippen LogP contribution in [-0.4, -0.2) is 0 Å². The van der Waals surface area contributed by atoms with Crippen LogP contribution in [0.1, 0.15) is 16.7 Å². The molecule has 0 amide bonds. The van der Waals surface area contributed by atoms with Crippen molar-refractivity contribution in [1.29, 1.82) is 0 Å². The Kier molecular flexibility index (Phi) is 5.45. The maximum atomic E-state index is 15.7. The second kappa shape index (κ2) is 9.34. The van der Waals surface area contributed by atoms with Crippen molar-refractivity contribution in [3.63, 3.8) is 0 Å². The normalized spacial score (nSPS) is 16.8. The van der Waals surface area contributed by atoms with E-state index in [1.165, 1.54) is 5.56 Å². The molecule has 2 aliphatic rings. The Labute approximate surface area is 240 Å². The molecule has 1 atom stereocenters. The molecule has 2 aliphatic heterocycles. The van der Waals surface area contributed by atoms with E-state index in [1.54, 1.807) is 0 Å². The number of hydrogen-bond donors (Lipinski definition) is 0. The van der Waals surface area contributed by atoms with Crippen LogP contribution in [0.4, 0.5) is 17.1 Å². The lowest BCUT2D eigenvalue weighted by atomic mass is 9.95. The van der Waals surface area contributed by atoms with E-state index >= 15 is 4.57 Å². The lowest BCUT2D eigenvalue weighted by Crippen LogP contribution is -2.17. The molecule has 0 N–H and O–H groups in total. The fraction of sp³-hybridized carbons (Fsp3) is 0. The van der Waals surface area contributed by atoms with Gasteiger partial charge in [0.1, 0.15) is 0 Å². The predicted octanol–water partition coefficient (Wildman–Crippen LogP) is 9.38. The van der Waals surface area contributed by atoms with Crippen LogP contribution in [0.5, 0.6) is 0 Å². The number of nitrogens with zero attached hydrogens (tertiary/aromatic N) is 1. The van der Waals surface area contributed by atoms with Gasteiger partial charge in [-0.15, -0.1) is 0 Å². The Morgan fingerprint density at radius 3 is 1.78 bits per heavy atom. The van der Waals surface area contributed by atoms with Crippen LogP contribution in [0.25, 0.3) is 22.0 Å². The molecule has 2 nitrogen and oxygen atoms in total. The third kappa shape index (κ3) is 3.55. The van der Waals surface area contributed by atoms with Crippen molar-refractivity contribution >= 4 is 45.7 Å². The molecule has 0 spiro atoms. The highest BCUT2D eigenvalue weighted by Crippen LogP contribution is 2.68. The summed E-state index contributed by atoms with van der Waals surface area (Å²) in [6.07, 6.45) is 0. The first-order chi connectivity index (χ1) is 20.2. The zero-order valence-electron chi connectivity index (χ0n) is 22.3. The van der Waals surface area contributed by atoms with E-state index in [4.69, 9.17) is 0 Å². The van der Waals surface area contributed by atoms with E-state index in [0.29, 0.717) is 0 Å². The van der Waals surface area contributed by atoms with E-state index in [-0.39, 0.29) is 0 Å². The summed E-state index contributed by atoms with van der Waals surface area (Å²) in [7, 11) is -3.18. The van der Waals surface area contributed by atoms with Gasteiger partial charge in [0.15, 0.2) is 7.14 Å². The number of anilines is 3. The average Bonchev–Trinajstić information content (AvgIpc) is 3.23. The van der Waals surface area contributed by atoms with Crippen LogP contribution in [-0.2, 0) is 4.57 Å². The minimum Gasteiger partial charge on any atom is -0.309 e. The summed E-state index contributed by atoms with van der Waals surface area (Å²) in [6, 6.07) is 54.5. The molecular formula is C38H26NOP. The Hall–Kier alpha value is -4.91. The molecule has 0 saturated heterocycles. The molecule has 194 valence electrons. The van der Waals surface area contributed by atoms with Gasteiger partial charge in [-0.05, 0) is 41.0 Å². The van der Waals surface area contributed by atoms with Crippen molar-refractivity contribution in [3.05, 3.63) is 174 Å². The Bertz CT molecular complexity index is 2030. The van der Waals surface area contributed by atoms with Gasteiger partial charge in [-0.2, -0.15) is 0 Å². The average molecular weight is 544 g/mol. The summed E-state index contributed by atoms with van der Waals surface area (Å²) in [5.74, 6) is 0. The Morgan fingerprint density at radius 1 is 0.463 bits per heavy atom. The van der Waals surface area contributed by atoms with Crippen LogP contribution < -0.4 is 15.5 Å². The van der Waals surface area contributed by atoms with E-state index in [1.807, 2.05) is 42.5 Å². The fourth-order valence-corrected chi connectivity index (χ4v) is 9.74. The van der Waals surface area contributed by atoms with Crippen LogP contribution in [0.3, 0.4) is 0 Å². The first kappa shape index (κ1) is 23.9. The maximum absolute atomic E-state index is 15.7. The van der Waals surface area contributed by atoms with Crippen molar-refractivity contribution in [3.8, 4) is 11.1 Å². The minimum atomic E-state index is -3.18. The predicted molar refractivity (Wildman–Crippen MR) is 172 cm³/mol. The van der Waals surface area contributed by atoms with E-state index in [2.05, 4.69) is 120 Å². The van der Waals surface area contributed by atoms with Gasteiger partial charge in [0.05, 0.1) is 11.4 Å². The van der Waals surface area contributed by atoms with Crippen LogP contribution >= 0.6 is 7.14 Å². The molecule has 0 radical (unpaired) electrons. The zero-order valence-corrected chi connectivity index (χ0v) is 23.2. The van der Waals surface area contributed by atoms with Gasteiger partial charge in [0, 0.05) is 38.3 Å². The molecule has 1 unspecified atom stereocenters. The summed E-state index contributed by atoms with van der Waals surface area (Å²) in [5.41, 5.74) is 9.71. The van der Waals surface area contributed by atoms with E-state index < -0.39 is 7.14 Å². The van der Waals surface area contributed by atoms with E-state index in [0.717, 1.165) is 60.8 Å². The SMILES string of the molecule is O=P1(c2ccccc2)C2=C(c3ccccc3N(c3cccc(-c4ccccc4)c3)c3ccccc32)c2ccccc21. The number of hydrogen-bond acceptors (Lipinski definition) is 2. The standard InChI is InChI=1S/C38H26NOP/c40-41(30-18-5-2-6-19-30)36-25-12-9-22-33(36)37-31-20-7-10-23-34(31)39(35-24-11-8-21-32(35)38(37)41)29-17-13-16-28(26-29)27-14-3-1-4-15-27/h1-26H. The van der Waals surface area contributed by atoms with Gasteiger partial charge in [0.2, 0.25) is 0 Å². The molecule has 0 bridgehead atoms. The topological polar surface area (TPSA) is 20.3 Å². The number of para-hydroxylation sites is 2. The van der Waals surface area contributed by atoms with Gasteiger partial charge >= 0.3 is 0 Å². The molecule has 6 aromatic carbocycles. The summed E-state index contributed by atoms with van der Waals surface area (Å²) >= 11 is 0. The van der Waals surface area contributed by atoms with Gasteiger partial charge in [-0.3, -0.25) is 0 Å². The molecule has 3 heteroatoms. The number of benzene rings is 6. The first-order valence-corrected chi connectivity index (χ1v) is 15.6. The second-order valence-corrected chi connectivity index (χ2v) is 13.1. The summed E-state index contributed by atoms with van der Waals surface area (Å²) in [5, 5.41) is 2.71. The smallest absolute Gasteiger partial charge is 0.172 e. The molecular weight excluding hydrogens is 517 g/mol. The van der Waals surface area contributed by atoms with Crippen molar-refractivity contribution < 1.29 is 4.57 Å². The van der Waals surface area contributed by atoms with E-state index in [9.17, 15) is 0 Å². The van der Waals surface area contributed by atoms with Gasteiger partial charge in [-0.25, -0.2) is 0 Å². The lowest BCUT2D eigenvalue weighted by Gasteiger charge is -2.29. The molecule has 41 heavy (non-hydrogen) atoms. The zero-order chi connectivity index (χ0) is 27.4. The van der Waals surface area contributed by atoms with Gasteiger partial charge in [0.25, 0.3) is 0 Å². The third-order valence-electron chi connectivity index (χ3n) is 8.21. The second-order valence-electron chi connectivity index (χ2n) is 10.5. The minimum absolute atomic E-state index is 0.865. The molecule has 0 aromatic heterocycles. The number of fused-ring (bicyclic) bond motifs is 6. The van der Waals surface area contributed by atoms with Crippen molar-refractivity contribution in [2.45, 2.75) is 0 Å². The van der Waals surface area contributed by atoms with Crippen LogP contribution in [0.2, 0.25) is 0 Å². The summed E-state index contributed by atoms with van der Waals surface area (Å²) < 4.78 is 15.7. The molecule has 0 aliphatic carbocycles. The van der Waals surface area contributed by atoms with Crippen LogP contribution in [0, 0.1) is 0 Å². The molecule has 0 saturated carbocycles. The Morgan fingerprint density at radius 2 is 1.02 bits per heavy atom. The van der Waals surface area contributed by atoms with Crippen molar-refractivity contribution in [2.24, 2.45) is 0 Å². The van der Waals surface area contributed by atoms with Gasteiger partial charge in [-0.1, -0.05) is 133 Å². The van der Waals surface area contributed by atoms with Crippen LogP contribution in [0.15, 0.2) is 158 Å².